The van der Waals surface area contributed by atoms with Gasteiger partial charge in [-0.25, -0.2) is 0 Å². The Bertz CT molecular complexity index is 198. The molecule has 0 saturated carbocycles. The van der Waals surface area contributed by atoms with E-state index in [0.717, 1.165) is 0 Å². The molecule has 0 N–H and O–H groups in total. The van der Waals surface area contributed by atoms with Crippen molar-refractivity contribution in [2.24, 2.45) is 0 Å². The van der Waals surface area contributed by atoms with Gasteiger partial charge in [-0.2, -0.15) is 11.8 Å². The number of unbranched alkanes of at least 4 members (excludes halogenated alkanes) is 18. The summed E-state index contributed by atoms with van der Waals surface area (Å²) < 4.78 is 0. The Kier molecular flexibility index (Phi) is 35.2. The Morgan fingerprint density at radius 1 is 0.370 bits per heavy atom. The van der Waals surface area contributed by atoms with Gasteiger partial charge in [0, 0.05) is 0 Å². The summed E-state index contributed by atoms with van der Waals surface area (Å²) in [4.78, 5) is 0. The van der Waals surface area contributed by atoms with Crippen molar-refractivity contribution in [2.75, 3.05) is 11.5 Å². The van der Waals surface area contributed by atoms with Gasteiger partial charge in [0.25, 0.3) is 0 Å². The fraction of sp³-hybridized carbons (Fsp3) is 1.00. The van der Waals surface area contributed by atoms with Gasteiger partial charge >= 0.3 is 22.6 Å². The van der Waals surface area contributed by atoms with Crippen LogP contribution in [0.15, 0.2) is 0 Å². The third-order valence-electron chi connectivity index (χ3n) is 5.28. The van der Waals surface area contributed by atoms with Gasteiger partial charge < -0.3 is 0 Å². The van der Waals surface area contributed by atoms with Gasteiger partial charge in [0.15, 0.2) is 0 Å². The molecular formula is C25H55AsS. The maximum absolute atomic E-state index is 2.30. The van der Waals surface area contributed by atoms with E-state index in [9.17, 15) is 0 Å². The summed E-state index contributed by atoms with van der Waals surface area (Å²) in [5.41, 5.74) is 2.06. The Morgan fingerprint density at radius 3 is 0.852 bits per heavy atom. The summed E-state index contributed by atoms with van der Waals surface area (Å²) in [5.74, 6) is 2.82. The van der Waals surface area contributed by atoms with E-state index < -0.39 is 0 Å². The summed E-state index contributed by atoms with van der Waals surface area (Å²) in [6.45, 7) is 4.60. The van der Waals surface area contributed by atoms with E-state index >= 15 is 0 Å². The standard InChI is InChI=1S/C24H50S.CH5As/c1-3-5-7-9-11-13-15-17-19-21-23-25-24-22-20-18-16-14-12-10-8-6-4-2;1-2/h3-24H2,1-2H3;2H2,1H3. The van der Waals surface area contributed by atoms with Crippen LogP contribution in [0.1, 0.15) is 142 Å². The first kappa shape index (κ1) is 30.1. The molecule has 0 aromatic carbocycles. The summed E-state index contributed by atoms with van der Waals surface area (Å²) >= 11 is 3.90. The fourth-order valence-corrected chi connectivity index (χ4v) is 4.51. The number of hydrogen-bond donors (Lipinski definition) is 0. The van der Waals surface area contributed by atoms with Crippen molar-refractivity contribution in [1.82, 2.24) is 0 Å². The van der Waals surface area contributed by atoms with Gasteiger partial charge in [-0.3, -0.25) is 0 Å². The van der Waals surface area contributed by atoms with Crippen molar-refractivity contribution in [2.45, 2.75) is 148 Å². The minimum absolute atomic E-state index is 1.37. The second-order valence-electron chi connectivity index (χ2n) is 7.98. The maximum atomic E-state index is 2.30. The fourth-order valence-electron chi connectivity index (χ4n) is 3.49. The SMILES string of the molecule is CCCCCCCCCCCCSCCCCCCCCCCCC.C[AsH2]. The third kappa shape index (κ3) is 31.8. The Labute approximate surface area is 187 Å². The molecule has 0 rings (SSSR count). The molecule has 0 amide bonds. The van der Waals surface area contributed by atoms with E-state index in [1.54, 1.807) is 16.9 Å². The van der Waals surface area contributed by atoms with Gasteiger partial charge in [0.2, 0.25) is 0 Å². The average Bonchev–Trinajstić information content (AvgIpc) is 2.70. The normalized spacial score (nSPS) is 10.7. The van der Waals surface area contributed by atoms with Crippen LogP contribution in [0.2, 0.25) is 5.71 Å². The molecule has 0 bridgehead atoms. The quantitative estimate of drug-likeness (QED) is 0.114. The topological polar surface area (TPSA) is 0 Å². The zero-order valence-electron chi connectivity index (χ0n) is 19.5. The van der Waals surface area contributed by atoms with Crippen LogP contribution in [0.5, 0.6) is 0 Å². The van der Waals surface area contributed by atoms with Crippen LogP contribution >= 0.6 is 11.8 Å². The van der Waals surface area contributed by atoms with Crippen LogP contribution in [-0.4, -0.2) is 28.4 Å². The zero-order valence-corrected chi connectivity index (χ0v) is 22.8. The van der Waals surface area contributed by atoms with E-state index in [-0.39, 0.29) is 0 Å². The first-order chi connectivity index (χ1) is 13.4. The van der Waals surface area contributed by atoms with E-state index in [1.807, 2.05) is 0 Å². The molecule has 0 fully saturated rings. The first-order valence-electron chi connectivity index (χ1n) is 12.6. The van der Waals surface area contributed by atoms with Crippen molar-refractivity contribution in [3.05, 3.63) is 0 Å². The summed E-state index contributed by atoms with van der Waals surface area (Å²) in [5, 5.41) is 0. The first-order valence-corrected chi connectivity index (χ1v) is 16.1. The average molecular weight is 463 g/mol. The number of hydrogen-bond acceptors (Lipinski definition) is 1. The Hall–Kier alpha value is 0.908. The van der Waals surface area contributed by atoms with Gasteiger partial charge in [0.05, 0.1) is 0 Å². The van der Waals surface area contributed by atoms with Crippen LogP contribution in [0.3, 0.4) is 0 Å². The molecule has 0 spiro atoms. The van der Waals surface area contributed by atoms with Crippen molar-refractivity contribution >= 4 is 28.6 Å². The van der Waals surface area contributed by atoms with Crippen molar-refractivity contribution in [1.29, 1.82) is 0 Å². The van der Waals surface area contributed by atoms with Crippen molar-refractivity contribution in [3.63, 3.8) is 0 Å². The molecule has 166 valence electrons. The summed E-state index contributed by atoms with van der Waals surface area (Å²) in [7, 11) is 0. The third-order valence-corrected chi connectivity index (χ3v) is 6.44. The van der Waals surface area contributed by atoms with Crippen LogP contribution in [-0.2, 0) is 0 Å². The molecule has 0 aromatic rings. The monoisotopic (exact) mass is 462 g/mol. The van der Waals surface area contributed by atoms with Gasteiger partial charge in [-0.1, -0.05) is 129 Å². The van der Waals surface area contributed by atoms with Crippen molar-refractivity contribution < 1.29 is 0 Å². The molecule has 1 unspecified atom stereocenters. The van der Waals surface area contributed by atoms with Gasteiger partial charge in [-0.15, -0.1) is 0 Å². The molecule has 0 nitrogen and oxygen atoms in total. The van der Waals surface area contributed by atoms with Crippen LogP contribution < -0.4 is 0 Å². The Morgan fingerprint density at radius 2 is 0.593 bits per heavy atom. The summed E-state index contributed by atoms with van der Waals surface area (Å²) in [6, 6.07) is 0. The van der Waals surface area contributed by atoms with Gasteiger partial charge in [0.1, 0.15) is 0 Å². The molecule has 1 atom stereocenters. The number of rotatable bonds is 22. The molecule has 0 aromatic heterocycles. The molecule has 0 aliphatic carbocycles. The molecule has 0 aliphatic heterocycles. The van der Waals surface area contributed by atoms with E-state index in [2.05, 4.69) is 31.3 Å². The molecule has 0 saturated heterocycles. The predicted molar refractivity (Wildman–Crippen MR) is 135 cm³/mol. The molecular weight excluding hydrogens is 407 g/mol. The van der Waals surface area contributed by atoms with Crippen LogP contribution in [0.25, 0.3) is 0 Å². The molecule has 2 heteroatoms. The van der Waals surface area contributed by atoms with E-state index in [0.29, 0.717) is 0 Å². The van der Waals surface area contributed by atoms with Crippen molar-refractivity contribution in [3.8, 4) is 0 Å². The van der Waals surface area contributed by atoms with Crippen LogP contribution in [0, 0.1) is 0 Å². The predicted octanol–water partition coefficient (Wildman–Crippen LogP) is 9.23. The minimum atomic E-state index is 1.37. The van der Waals surface area contributed by atoms with Gasteiger partial charge in [-0.05, 0) is 24.3 Å². The van der Waals surface area contributed by atoms with E-state index in [4.69, 9.17) is 0 Å². The van der Waals surface area contributed by atoms with Crippen LogP contribution in [0.4, 0.5) is 0 Å². The molecule has 0 heterocycles. The molecule has 0 aliphatic rings. The second-order valence-corrected chi connectivity index (χ2v) is 9.20. The second kappa shape index (κ2) is 31.6. The molecule has 0 radical (unpaired) electrons. The van der Waals surface area contributed by atoms with E-state index in [1.165, 1.54) is 140 Å². The number of thioether (sulfide) groups is 1. The Balaban J connectivity index is 0. The molecule has 27 heavy (non-hydrogen) atoms. The zero-order chi connectivity index (χ0) is 20.3. The summed E-state index contributed by atoms with van der Waals surface area (Å²) in [6.07, 6.45) is 29.2.